The molecule has 0 N–H and O–H groups in total. The second kappa shape index (κ2) is 7.62. The summed E-state index contributed by atoms with van der Waals surface area (Å²) >= 11 is 0. The molecule has 0 saturated heterocycles. The Morgan fingerprint density at radius 3 is 2.42 bits per heavy atom. The van der Waals surface area contributed by atoms with Crippen LogP contribution in [0.4, 0.5) is 0 Å². The van der Waals surface area contributed by atoms with Crippen LogP contribution in [0.2, 0.25) is 0 Å². The van der Waals surface area contributed by atoms with Crippen molar-refractivity contribution in [2.45, 2.75) is 0 Å². The maximum atomic E-state index is 11.8. The lowest BCUT2D eigenvalue weighted by atomic mass is 10.1. The molecule has 7 nitrogen and oxygen atoms in total. The van der Waals surface area contributed by atoms with E-state index in [1.54, 1.807) is 16.9 Å². The molecule has 1 aromatic heterocycles. The van der Waals surface area contributed by atoms with Gasteiger partial charge in [0.1, 0.15) is 11.6 Å². The van der Waals surface area contributed by atoms with Gasteiger partial charge in [-0.25, -0.2) is 4.68 Å². The molecule has 2 aromatic carbocycles. The summed E-state index contributed by atoms with van der Waals surface area (Å²) in [5, 5.41) is 16.8. The number of hydrogen-bond donors (Lipinski definition) is 0. The van der Waals surface area contributed by atoms with E-state index in [4.69, 9.17) is 5.53 Å². The van der Waals surface area contributed by atoms with Crippen LogP contribution in [0.1, 0.15) is 5.56 Å². The van der Waals surface area contributed by atoms with Crippen molar-refractivity contribution in [3.8, 4) is 23.0 Å². The minimum absolute atomic E-state index is 0.257. The zero-order chi connectivity index (χ0) is 18.4. The molecule has 124 valence electrons. The largest absolute Gasteiger partial charge is 0.286 e. The molecule has 0 saturated carbocycles. The number of carbonyl (C=O) groups excluding carboxylic acids is 1. The summed E-state index contributed by atoms with van der Waals surface area (Å²) in [6, 6.07) is 20.7. The molecule has 3 aromatic rings. The van der Waals surface area contributed by atoms with Gasteiger partial charge in [0.2, 0.25) is 0 Å². The van der Waals surface area contributed by atoms with Gasteiger partial charge < -0.3 is 0 Å². The SMILES string of the molecule is N#C/C(=C\c1cn(-c2ccccc2)nc1-c1ccccc1)C(=O)N=[N+]=[N-]. The second-order valence-electron chi connectivity index (χ2n) is 5.24. The molecular weight excluding hydrogens is 328 g/mol. The fourth-order valence-electron chi connectivity index (χ4n) is 2.42. The minimum atomic E-state index is -0.929. The summed E-state index contributed by atoms with van der Waals surface area (Å²) < 4.78 is 1.67. The predicted molar refractivity (Wildman–Crippen MR) is 96.7 cm³/mol. The molecule has 0 bridgehead atoms. The molecule has 26 heavy (non-hydrogen) atoms. The van der Waals surface area contributed by atoms with Crippen molar-refractivity contribution in [2.24, 2.45) is 5.11 Å². The van der Waals surface area contributed by atoms with Gasteiger partial charge in [-0.15, -0.1) is 0 Å². The number of hydrogen-bond acceptors (Lipinski definition) is 3. The van der Waals surface area contributed by atoms with Crippen molar-refractivity contribution in [1.29, 1.82) is 5.26 Å². The smallest absolute Gasteiger partial charge is 0.259 e. The number of carbonyl (C=O) groups is 1. The Balaban J connectivity index is 2.17. The summed E-state index contributed by atoms with van der Waals surface area (Å²) in [6.07, 6.45) is 3.10. The van der Waals surface area contributed by atoms with Gasteiger partial charge in [0.15, 0.2) is 0 Å². The van der Waals surface area contributed by atoms with Crippen molar-refractivity contribution in [1.82, 2.24) is 9.78 Å². The van der Waals surface area contributed by atoms with Gasteiger partial charge in [0, 0.05) is 22.2 Å². The van der Waals surface area contributed by atoms with E-state index in [0.717, 1.165) is 11.3 Å². The van der Waals surface area contributed by atoms with Gasteiger partial charge in [-0.3, -0.25) is 4.79 Å². The van der Waals surface area contributed by atoms with E-state index < -0.39 is 5.91 Å². The summed E-state index contributed by atoms with van der Waals surface area (Å²) in [7, 11) is 0. The van der Waals surface area contributed by atoms with Crippen LogP contribution in [0.3, 0.4) is 0 Å². The van der Waals surface area contributed by atoms with Crippen LogP contribution in [-0.2, 0) is 4.79 Å². The third kappa shape index (κ3) is 3.51. The lowest BCUT2D eigenvalue weighted by Crippen LogP contribution is -1.94. The van der Waals surface area contributed by atoms with Crippen molar-refractivity contribution in [3.63, 3.8) is 0 Å². The highest BCUT2D eigenvalue weighted by atomic mass is 16.1. The minimum Gasteiger partial charge on any atom is -0.286 e. The van der Waals surface area contributed by atoms with E-state index in [1.807, 2.05) is 60.7 Å². The zero-order valence-corrected chi connectivity index (χ0v) is 13.5. The molecule has 0 fully saturated rings. The number of aromatic nitrogens is 2. The van der Waals surface area contributed by atoms with Crippen LogP contribution in [-0.4, -0.2) is 15.7 Å². The number of rotatable bonds is 4. The highest BCUT2D eigenvalue weighted by Crippen LogP contribution is 2.25. The summed E-state index contributed by atoms with van der Waals surface area (Å²) in [6.45, 7) is 0. The average molecular weight is 340 g/mol. The quantitative estimate of drug-likeness (QED) is 0.232. The fraction of sp³-hybridized carbons (Fsp3) is 0. The molecule has 7 heteroatoms. The molecule has 1 heterocycles. The average Bonchev–Trinajstić information content (AvgIpc) is 3.11. The first-order valence-electron chi connectivity index (χ1n) is 7.64. The third-order valence-electron chi connectivity index (χ3n) is 3.60. The number of nitriles is 1. The Morgan fingerprint density at radius 1 is 1.15 bits per heavy atom. The van der Waals surface area contributed by atoms with E-state index in [-0.39, 0.29) is 5.57 Å². The molecular formula is C19H12N6O. The van der Waals surface area contributed by atoms with Gasteiger partial charge >= 0.3 is 0 Å². The molecule has 0 aliphatic heterocycles. The fourth-order valence-corrected chi connectivity index (χ4v) is 2.42. The predicted octanol–water partition coefficient (Wildman–Crippen LogP) is 4.28. The second-order valence-corrected chi connectivity index (χ2v) is 5.24. The monoisotopic (exact) mass is 340 g/mol. The number of amides is 1. The van der Waals surface area contributed by atoms with Crippen LogP contribution in [0.15, 0.2) is 77.5 Å². The maximum Gasteiger partial charge on any atom is 0.259 e. The van der Waals surface area contributed by atoms with Gasteiger partial charge in [-0.1, -0.05) is 48.5 Å². The van der Waals surface area contributed by atoms with Crippen LogP contribution >= 0.6 is 0 Å². The van der Waals surface area contributed by atoms with Crippen molar-refractivity contribution in [2.75, 3.05) is 0 Å². The molecule has 0 aliphatic carbocycles. The van der Waals surface area contributed by atoms with Crippen molar-refractivity contribution < 1.29 is 4.79 Å². The van der Waals surface area contributed by atoms with E-state index in [9.17, 15) is 10.1 Å². The van der Waals surface area contributed by atoms with Crippen LogP contribution in [0.5, 0.6) is 0 Å². The third-order valence-corrected chi connectivity index (χ3v) is 3.60. The summed E-state index contributed by atoms with van der Waals surface area (Å²) in [5.74, 6) is -0.929. The summed E-state index contributed by atoms with van der Waals surface area (Å²) in [4.78, 5) is 14.2. The Hall–Kier alpha value is -4.14. The van der Waals surface area contributed by atoms with Gasteiger partial charge in [-0.05, 0) is 28.9 Å². The first kappa shape index (κ1) is 16.7. The van der Waals surface area contributed by atoms with Crippen molar-refractivity contribution >= 4 is 12.0 Å². The summed E-state index contributed by atoms with van der Waals surface area (Å²) in [5.41, 5.74) is 11.0. The standard InChI is InChI=1S/C19H12N6O/c20-12-15(19(26)22-24-21)11-16-13-25(17-9-5-2-6-10-17)23-18(16)14-7-3-1-4-8-14/h1-11,13H/b15-11+. The zero-order valence-electron chi connectivity index (χ0n) is 13.5. The number of nitrogens with zero attached hydrogens (tertiary/aromatic N) is 6. The lowest BCUT2D eigenvalue weighted by Gasteiger charge is -2.00. The molecule has 3 rings (SSSR count). The van der Waals surface area contributed by atoms with E-state index in [0.29, 0.717) is 11.3 Å². The number of benzene rings is 2. The van der Waals surface area contributed by atoms with E-state index in [1.165, 1.54) is 6.08 Å². The normalized spacial score (nSPS) is 10.7. The molecule has 1 amide bonds. The maximum absolute atomic E-state index is 11.8. The molecule has 0 unspecified atom stereocenters. The Bertz CT molecular complexity index is 1050. The molecule has 0 spiro atoms. The van der Waals surface area contributed by atoms with Crippen LogP contribution in [0.25, 0.3) is 33.5 Å². The number of para-hydroxylation sites is 1. The van der Waals surface area contributed by atoms with Crippen LogP contribution < -0.4 is 0 Å². The topological polar surface area (TPSA) is 107 Å². The lowest BCUT2D eigenvalue weighted by molar-refractivity contribution is -0.114. The van der Waals surface area contributed by atoms with Crippen molar-refractivity contribution in [3.05, 3.63) is 88.4 Å². The molecule has 0 atom stereocenters. The Kier molecular flexibility index (Phi) is 4.90. The highest BCUT2D eigenvalue weighted by molar-refractivity contribution is 6.02. The van der Waals surface area contributed by atoms with Gasteiger partial charge in [-0.2, -0.15) is 10.4 Å². The van der Waals surface area contributed by atoms with Crippen LogP contribution in [0, 0.1) is 11.3 Å². The first-order valence-corrected chi connectivity index (χ1v) is 7.64. The first-order chi connectivity index (χ1) is 12.7. The van der Waals surface area contributed by atoms with Gasteiger partial charge in [0.25, 0.3) is 5.91 Å². The van der Waals surface area contributed by atoms with E-state index in [2.05, 4.69) is 15.1 Å². The molecule has 0 aliphatic rings. The van der Waals surface area contributed by atoms with Gasteiger partial charge in [0.05, 0.1) is 11.4 Å². The molecule has 0 radical (unpaired) electrons. The number of azide groups is 1. The van der Waals surface area contributed by atoms with E-state index >= 15 is 0 Å². The Morgan fingerprint density at radius 2 is 1.81 bits per heavy atom. The highest BCUT2D eigenvalue weighted by Gasteiger charge is 2.14. The Labute approximate surface area is 149 Å².